The van der Waals surface area contributed by atoms with Crippen LogP contribution in [0.1, 0.15) is 20.3 Å². The molecule has 0 radical (unpaired) electrons. The van der Waals surface area contributed by atoms with Gasteiger partial charge in [0, 0.05) is 18.8 Å². The molecule has 1 N–H and O–H groups in total. The van der Waals surface area contributed by atoms with Gasteiger partial charge in [-0.15, -0.1) is 0 Å². The lowest BCUT2D eigenvalue weighted by molar-refractivity contribution is -0.130. The number of nitrogens with one attached hydrogen (secondary N) is 1. The maximum Gasteiger partial charge on any atom is 0.340 e. The second kappa shape index (κ2) is 5.90. The van der Waals surface area contributed by atoms with Crippen LogP contribution in [0.15, 0.2) is 30.0 Å². The first-order chi connectivity index (χ1) is 7.69. The van der Waals surface area contributed by atoms with Crippen molar-refractivity contribution < 1.29 is 9.53 Å². The molecule has 1 aromatic heterocycles. The van der Waals surface area contributed by atoms with Gasteiger partial charge in [0.2, 0.25) is 5.88 Å². The van der Waals surface area contributed by atoms with Gasteiger partial charge in [-0.1, -0.05) is 13.0 Å². The quantitative estimate of drug-likeness (QED) is 0.625. The first-order valence-electron chi connectivity index (χ1n) is 5.20. The number of hydrogen-bond donors (Lipinski definition) is 1. The van der Waals surface area contributed by atoms with Crippen molar-refractivity contribution >= 4 is 11.7 Å². The molecular weight excluding hydrogens is 204 g/mol. The van der Waals surface area contributed by atoms with Crippen molar-refractivity contribution in [2.24, 2.45) is 0 Å². The molecule has 1 heterocycles. The van der Waals surface area contributed by atoms with Gasteiger partial charge in [0.05, 0.1) is 5.69 Å². The Labute approximate surface area is 95.3 Å². The average molecular weight is 220 g/mol. The van der Waals surface area contributed by atoms with Crippen LogP contribution in [0.3, 0.4) is 0 Å². The zero-order chi connectivity index (χ0) is 12.0. The molecule has 0 saturated carbocycles. The van der Waals surface area contributed by atoms with Crippen LogP contribution in [-0.2, 0) is 4.79 Å². The van der Waals surface area contributed by atoms with Gasteiger partial charge in [-0.25, -0.2) is 9.78 Å². The number of allylic oxidation sites excluding steroid dienone is 1. The van der Waals surface area contributed by atoms with Gasteiger partial charge in [0.1, 0.15) is 0 Å². The summed E-state index contributed by atoms with van der Waals surface area (Å²) in [5.74, 6) is -0.0593. The number of esters is 1. The Balaban J connectivity index is 2.80. The van der Waals surface area contributed by atoms with E-state index in [4.69, 9.17) is 4.74 Å². The highest BCUT2D eigenvalue weighted by atomic mass is 16.5. The third-order valence-electron chi connectivity index (χ3n) is 2.06. The predicted octanol–water partition coefficient (Wildman–Crippen LogP) is 2.39. The smallest absolute Gasteiger partial charge is 0.340 e. The fourth-order valence-corrected chi connectivity index (χ4v) is 1.22. The van der Waals surface area contributed by atoms with E-state index in [1.54, 1.807) is 32.3 Å². The van der Waals surface area contributed by atoms with Crippen molar-refractivity contribution in [3.05, 3.63) is 30.0 Å². The highest BCUT2D eigenvalue weighted by Gasteiger charge is 2.10. The van der Waals surface area contributed by atoms with E-state index in [-0.39, 0.29) is 5.97 Å². The van der Waals surface area contributed by atoms with Crippen LogP contribution in [0.5, 0.6) is 5.88 Å². The Hall–Kier alpha value is -1.84. The van der Waals surface area contributed by atoms with Crippen molar-refractivity contribution in [2.45, 2.75) is 20.3 Å². The zero-order valence-electron chi connectivity index (χ0n) is 9.78. The van der Waals surface area contributed by atoms with Gasteiger partial charge in [0.15, 0.2) is 0 Å². The van der Waals surface area contributed by atoms with Gasteiger partial charge >= 0.3 is 5.97 Å². The number of aromatic nitrogens is 1. The number of pyridine rings is 1. The highest BCUT2D eigenvalue weighted by molar-refractivity contribution is 5.89. The first kappa shape index (κ1) is 12.2. The third-order valence-corrected chi connectivity index (χ3v) is 2.06. The summed E-state index contributed by atoms with van der Waals surface area (Å²) in [7, 11) is 1.75. The Morgan fingerprint density at radius 3 is 3.00 bits per heavy atom. The van der Waals surface area contributed by atoms with Gasteiger partial charge in [0.25, 0.3) is 0 Å². The van der Waals surface area contributed by atoms with Crippen molar-refractivity contribution in [3.8, 4) is 5.88 Å². The molecular formula is C12H16N2O2. The largest absolute Gasteiger partial charge is 0.402 e. The van der Waals surface area contributed by atoms with Crippen molar-refractivity contribution in [3.63, 3.8) is 0 Å². The molecule has 0 bridgehead atoms. The third kappa shape index (κ3) is 3.08. The molecule has 0 saturated heterocycles. The lowest BCUT2D eigenvalue weighted by Gasteiger charge is -2.07. The molecule has 1 aromatic rings. The van der Waals surface area contributed by atoms with Gasteiger partial charge in [-0.3, -0.25) is 0 Å². The average Bonchev–Trinajstić information content (AvgIpc) is 2.30. The number of nitrogens with zero attached hydrogens (tertiary/aromatic N) is 1. The minimum absolute atomic E-state index is 0.304. The molecule has 0 aliphatic rings. The summed E-state index contributed by atoms with van der Waals surface area (Å²) < 4.78 is 5.17. The molecule has 0 fully saturated rings. The van der Waals surface area contributed by atoms with E-state index in [1.165, 1.54) is 0 Å². The summed E-state index contributed by atoms with van der Waals surface area (Å²) in [6.45, 7) is 3.70. The number of carbonyl (C=O) groups is 1. The van der Waals surface area contributed by atoms with E-state index in [2.05, 4.69) is 10.3 Å². The van der Waals surface area contributed by atoms with Crippen LogP contribution in [0.25, 0.3) is 0 Å². The molecule has 0 aliphatic carbocycles. The second-order valence-electron chi connectivity index (χ2n) is 3.29. The van der Waals surface area contributed by atoms with Crippen LogP contribution >= 0.6 is 0 Å². The summed E-state index contributed by atoms with van der Waals surface area (Å²) in [5.41, 5.74) is 1.29. The molecule has 4 nitrogen and oxygen atoms in total. The maximum atomic E-state index is 11.6. The Morgan fingerprint density at radius 2 is 2.38 bits per heavy atom. The Morgan fingerprint density at radius 1 is 1.62 bits per heavy atom. The number of anilines is 1. The van der Waals surface area contributed by atoms with E-state index < -0.39 is 0 Å². The number of rotatable bonds is 4. The van der Waals surface area contributed by atoms with Gasteiger partial charge in [-0.2, -0.15) is 0 Å². The first-order valence-corrected chi connectivity index (χ1v) is 5.20. The van der Waals surface area contributed by atoms with E-state index in [1.807, 2.05) is 13.0 Å². The minimum atomic E-state index is -0.364. The van der Waals surface area contributed by atoms with E-state index >= 15 is 0 Å². The van der Waals surface area contributed by atoms with Crippen molar-refractivity contribution in [1.29, 1.82) is 0 Å². The number of carbonyl (C=O) groups excluding carboxylic acids is 1. The molecule has 0 spiro atoms. The Kier molecular flexibility index (Phi) is 4.51. The fourth-order valence-electron chi connectivity index (χ4n) is 1.22. The molecule has 0 unspecified atom stereocenters. The van der Waals surface area contributed by atoms with Crippen LogP contribution in [-0.4, -0.2) is 18.0 Å². The molecule has 16 heavy (non-hydrogen) atoms. The fraction of sp³-hybridized carbons (Fsp3) is 0.333. The summed E-state index contributed by atoms with van der Waals surface area (Å²) >= 11 is 0. The van der Waals surface area contributed by atoms with E-state index in [0.717, 1.165) is 6.42 Å². The second-order valence-corrected chi connectivity index (χ2v) is 3.29. The minimum Gasteiger partial charge on any atom is -0.402 e. The van der Waals surface area contributed by atoms with Crippen LogP contribution in [0.2, 0.25) is 0 Å². The van der Waals surface area contributed by atoms with E-state index in [0.29, 0.717) is 17.1 Å². The molecule has 0 atom stereocenters. The number of hydrogen-bond acceptors (Lipinski definition) is 4. The molecule has 0 amide bonds. The van der Waals surface area contributed by atoms with Crippen LogP contribution in [0, 0.1) is 0 Å². The van der Waals surface area contributed by atoms with Crippen LogP contribution in [0.4, 0.5) is 5.69 Å². The topological polar surface area (TPSA) is 51.2 Å². The molecule has 0 aromatic carbocycles. The SMILES string of the molecule is CCC=C(C)C(=O)Oc1ncccc1NC. The van der Waals surface area contributed by atoms with Crippen molar-refractivity contribution in [2.75, 3.05) is 12.4 Å². The molecule has 86 valence electrons. The summed E-state index contributed by atoms with van der Waals surface area (Å²) in [5, 5.41) is 2.91. The van der Waals surface area contributed by atoms with Crippen molar-refractivity contribution in [1.82, 2.24) is 4.98 Å². The van der Waals surface area contributed by atoms with Gasteiger partial charge < -0.3 is 10.1 Å². The summed E-state index contributed by atoms with van der Waals surface area (Å²) in [6.07, 6.45) is 4.22. The maximum absolute atomic E-state index is 11.6. The van der Waals surface area contributed by atoms with Gasteiger partial charge in [-0.05, 0) is 25.5 Å². The number of ether oxygens (including phenoxy) is 1. The monoisotopic (exact) mass is 220 g/mol. The molecule has 1 rings (SSSR count). The zero-order valence-corrected chi connectivity index (χ0v) is 9.78. The normalized spacial score (nSPS) is 11.1. The molecule has 0 aliphatic heterocycles. The van der Waals surface area contributed by atoms with E-state index in [9.17, 15) is 4.79 Å². The Bertz CT molecular complexity index is 400. The predicted molar refractivity (Wildman–Crippen MR) is 63.5 cm³/mol. The summed E-state index contributed by atoms with van der Waals surface area (Å²) in [6, 6.07) is 3.58. The summed E-state index contributed by atoms with van der Waals surface area (Å²) in [4.78, 5) is 15.6. The molecule has 4 heteroatoms. The van der Waals surface area contributed by atoms with Crippen LogP contribution < -0.4 is 10.1 Å². The lowest BCUT2D eigenvalue weighted by Crippen LogP contribution is -2.11. The highest BCUT2D eigenvalue weighted by Crippen LogP contribution is 2.20. The lowest BCUT2D eigenvalue weighted by atomic mass is 10.2. The standard InChI is InChI=1S/C12H16N2O2/c1-4-6-9(2)12(15)16-11-10(13-3)7-5-8-14-11/h5-8,13H,4H2,1-3H3.